The summed E-state index contributed by atoms with van der Waals surface area (Å²) in [6.45, 7) is 5.53. The Kier molecular flexibility index (Phi) is 11.8. The zero-order valence-corrected chi connectivity index (χ0v) is 24.1. The Labute approximate surface area is 245 Å². The van der Waals surface area contributed by atoms with Crippen LogP contribution in [0.2, 0.25) is 0 Å². The Bertz CT molecular complexity index is 1230. The molecule has 1 aliphatic rings. The standard InChI is InChI=1S/C32H40F3N3O4/c1-3-17-38(18-4-2)29(40)25-11-8-16-31(20-25,30(36)41)27(19-23-9-6-5-7-10-23)28(39)22-37-21-24-12-14-26(15-13-24)42-32(33,34)35/h5-16,27-28,37,39H,3-4,17-22H2,1-2H3,(H2,36,41)/t27-,28+,31?/m1/s1. The fraction of sp³-hybridized carbons (Fsp3) is 0.438. The van der Waals surface area contributed by atoms with Gasteiger partial charge in [0.05, 0.1) is 11.5 Å². The number of halogens is 3. The van der Waals surface area contributed by atoms with Crippen LogP contribution < -0.4 is 15.8 Å². The molecule has 0 bridgehead atoms. The first-order valence-corrected chi connectivity index (χ1v) is 14.2. The van der Waals surface area contributed by atoms with E-state index >= 15 is 0 Å². The number of benzene rings is 2. The fourth-order valence-electron chi connectivity index (χ4n) is 5.43. The largest absolute Gasteiger partial charge is 0.573 e. The number of ether oxygens (including phenoxy) is 1. The van der Waals surface area contributed by atoms with E-state index in [0.717, 1.165) is 18.4 Å². The molecule has 0 heterocycles. The van der Waals surface area contributed by atoms with Crippen LogP contribution in [0.4, 0.5) is 13.2 Å². The molecule has 0 aliphatic heterocycles. The van der Waals surface area contributed by atoms with Crippen molar-refractivity contribution in [2.45, 2.75) is 58.5 Å². The Balaban J connectivity index is 1.81. The number of carbonyl (C=O) groups is 2. The number of rotatable bonds is 15. The van der Waals surface area contributed by atoms with Gasteiger partial charge in [-0.25, -0.2) is 0 Å². The number of nitrogens with one attached hydrogen (secondary N) is 1. The highest BCUT2D eigenvalue weighted by atomic mass is 19.4. The van der Waals surface area contributed by atoms with Crippen LogP contribution in [0.3, 0.4) is 0 Å². The molecule has 2 amide bonds. The lowest BCUT2D eigenvalue weighted by Gasteiger charge is -2.41. The van der Waals surface area contributed by atoms with Gasteiger partial charge in [-0.1, -0.05) is 74.5 Å². The molecule has 7 nitrogen and oxygen atoms in total. The van der Waals surface area contributed by atoms with Crippen molar-refractivity contribution in [1.29, 1.82) is 0 Å². The SMILES string of the molecule is CCCN(CCC)C(=O)C1=CC=CC(C(N)=O)([C@H](Cc2ccccc2)[C@@H](O)CNCc2ccc(OC(F)(F)F)cc2)C1. The molecule has 2 aromatic rings. The van der Waals surface area contributed by atoms with E-state index in [1.54, 1.807) is 23.1 Å². The summed E-state index contributed by atoms with van der Waals surface area (Å²) < 4.78 is 41.3. The zero-order valence-electron chi connectivity index (χ0n) is 24.1. The van der Waals surface area contributed by atoms with Crippen molar-refractivity contribution < 1.29 is 32.6 Å². The van der Waals surface area contributed by atoms with E-state index in [1.165, 1.54) is 24.3 Å². The average Bonchev–Trinajstić information content (AvgIpc) is 2.96. The van der Waals surface area contributed by atoms with Gasteiger partial charge >= 0.3 is 6.36 Å². The van der Waals surface area contributed by atoms with Crippen LogP contribution in [0, 0.1) is 11.3 Å². The maximum absolute atomic E-state index is 13.5. The summed E-state index contributed by atoms with van der Waals surface area (Å²) in [5, 5.41) is 14.7. The highest BCUT2D eigenvalue weighted by Gasteiger charge is 2.47. The van der Waals surface area contributed by atoms with Gasteiger partial charge in [-0.2, -0.15) is 0 Å². The van der Waals surface area contributed by atoms with E-state index < -0.39 is 29.7 Å². The summed E-state index contributed by atoms with van der Waals surface area (Å²) in [5.41, 5.74) is 6.79. The van der Waals surface area contributed by atoms with Crippen LogP contribution >= 0.6 is 0 Å². The molecule has 228 valence electrons. The van der Waals surface area contributed by atoms with Crippen LogP contribution in [0.1, 0.15) is 44.2 Å². The highest BCUT2D eigenvalue weighted by molar-refractivity contribution is 5.96. The van der Waals surface area contributed by atoms with E-state index in [9.17, 15) is 27.9 Å². The van der Waals surface area contributed by atoms with Gasteiger partial charge in [0.1, 0.15) is 5.75 Å². The Morgan fingerprint density at radius 1 is 1.05 bits per heavy atom. The van der Waals surface area contributed by atoms with Gasteiger partial charge in [-0.05, 0) is 48.9 Å². The average molecular weight is 588 g/mol. The molecule has 0 saturated carbocycles. The summed E-state index contributed by atoms with van der Waals surface area (Å²) >= 11 is 0. The van der Waals surface area contributed by atoms with Gasteiger partial charge in [0.25, 0.3) is 0 Å². The van der Waals surface area contributed by atoms with Crippen molar-refractivity contribution >= 4 is 11.8 Å². The molecule has 10 heteroatoms. The lowest BCUT2D eigenvalue weighted by molar-refractivity contribution is -0.274. The molecule has 42 heavy (non-hydrogen) atoms. The molecule has 0 aromatic heterocycles. The minimum atomic E-state index is -4.77. The molecular formula is C32H40F3N3O4. The number of aliphatic hydroxyl groups excluding tert-OH is 1. The second kappa shape index (κ2) is 15.0. The van der Waals surface area contributed by atoms with Crippen LogP contribution in [0.5, 0.6) is 5.75 Å². The fourth-order valence-corrected chi connectivity index (χ4v) is 5.43. The second-order valence-corrected chi connectivity index (χ2v) is 10.6. The van der Waals surface area contributed by atoms with Gasteiger partial charge in [-0.3, -0.25) is 9.59 Å². The molecule has 1 aliphatic carbocycles. The van der Waals surface area contributed by atoms with Crippen LogP contribution in [0.25, 0.3) is 0 Å². The van der Waals surface area contributed by atoms with Crippen molar-refractivity contribution in [2.24, 2.45) is 17.1 Å². The number of aliphatic hydroxyl groups is 1. The van der Waals surface area contributed by atoms with Gasteiger partial charge in [0.2, 0.25) is 11.8 Å². The Morgan fingerprint density at radius 2 is 1.69 bits per heavy atom. The molecule has 0 spiro atoms. The first-order valence-electron chi connectivity index (χ1n) is 14.2. The maximum Gasteiger partial charge on any atom is 0.573 e. The molecule has 4 N–H and O–H groups in total. The molecule has 0 radical (unpaired) electrons. The molecule has 0 fully saturated rings. The van der Waals surface area contributed by atoms with Crippen molar-refractivity contribution in [3.05, 3.63) is 89.5 Å². The summed E-state index contributed by atoms with van der Waals surface area (Å²) in [4.78, 5) is 28.5. The first-order chi connectivity index (χ1) is 20.0. The van der Waals surface area contributed by atoms with Gasteiger partial charge in [0, 0.05) is 37.7 Å². The van der Waals surface area contributed by atoms with Crippen molar-refractivity contribution in [3.63, 3.8) is 0 Å². The van der Waals surface area contributed by atoms with E-state index in [-0.39, 0.29) is 31.2 Å². The molecular weight excluding hydrogens is 547 g/mol. The number of carbonyl (C=O) groups excluding carboxylic acids is 2. The Hall–Kier alpha value is -3.63. The van der Waals surface area contributed by atoms with Crippen LogP contribution in [-0.2, 0) is 22.6 Å². The van der Waals surface area contributed by atoms with E-state index in [1.807, 2.05) is 44.2 Å². The number of amides is 2. The summed E-state index contributed by atoms with van der Waals surface area (Å²) in [6, 6.07) is 14.9. The number of allylic oxidation sites excluding steroid dienone is 2. The number of hydrogen-bond donors (Lipinski definition) is 3. The predicted molar refractivity (Wildman–Crippen MR) is 155 cm³/mol. The minimum absolute atomic E-state index is 0.0663. The van der Waals surface area contributed by atoms with Crippen molar-refractivity contribution in [3.8, 4) is 5.75 Å². The summed E-state index contributed by atoms with van der Waals surface area (Å²) in [6.07, 6.45) is 1.28. The maximum atomic E-state index is 13.5. The number of nitrogens with zero attached hydrogens (tertiary/aromatic N) is 1. The topological polar surface area (TPSA) is 105 Å². The quantitative estimate of drug-likeness (QED) is 0.275. The molecule has 0 saturated heterocycles. The third-order valence-corrected chi connectivity index (χ3v) is 7.45. The normalized spacial score (nSPS) is 18.2. The highest BCUT2D eigenvalue weighted by Crippen LogP contribution is 2.43. The lowest BCUT2D eigenvalue weighted by atomic mass is 9.64. The van der Waals surface area contributed by atoms with Gasteiger partial charge < -0.3 is 25.8 Å². The Morgan fingerprint density at radius 3 is 2.26 bits per heavy atom. The smallest absolute Gasteiger partial charge is 0.406 e. The lowest BCUT2D eigenvalue weighted by Crippen LogP contribution is -2.51. The van der Waals surface area contributed by atoms with Crippen molar-refractivity contribution in [2.75, 3.05) is 19.6 Å². The number of nitrogens with two attached hydrogens (primary N) is 1. The van der Waals surface area contributed by atoms with Crippen molar-refractivity contribution in [1.82, 2.24) is 10.2 Å². The van der Waals surface area contributed by atoms with Gasteiger partial charge in [0.15, 0.2) is 0 Å². The van der Waals surface area contributed by atoms with Crippen LogP contribution in [-0.4, -0.2) is 53.9 Å². The molecule has 3 rings (SSSR count). The third-order valence-electron chi connectivity index (χ3n) is 7.45. The number of alkyl halides is 3. The minimum Gasteiger partial charge on any atom is -0.406 e. The molecule has 3 atom stereocenters. The van der Waals surface area contributed by atoms with Gasteiger partial charge in [-0.15, -0.1) is 13.2 Å². The predicted octanol–water partition coefficient (Wildman–Crippen LogP) is 4.90. The summed E-state index contributed by atoms with van der Waals surface area (Å²) in [7, 11) is 0. The third kappa shape index (κ3) is 8.93. The van der Waals surface area contributed by atoms with E-state index in [0.29, 0.717) is 30.6 Å². The van der Waals surface area contributed by atoms with Crippen LogP contribution in [0.15, 0.2) is 78.4 Å². The second-order valence-electron chi connectivity index (χ2n) is 10.6. The number of primary amides is 1. The van der Waals surface area contributed by atoms with E-state index in [2.05, 4.69) is 10.1 Å². The molecule has 2 aromatic carbocycles. The monoisotopic (exact) mass is 587 g/mol. The molecule has 1 unspecified atom stereocenters. The first kappa shape index (κ1) is 32.9. The van der Waals surface area contributed by atoms with E-state index in [4.69, 9.17) is 5.73 Å². The summed E-state index contributed by atoms with van der Waals surface area (Å²) in [5.74, 6) is -1.77. The zero-order chi connectivity index (χ0) is 30.8. The number of hydrogen-bond acceptors (Lipinski definition) is 5.